The minimum atomic E-state index is -4.57. The minimum absolute atomic E-state index is 0.0450. The van der Waals surface area contributed by atoms with Crippen LogP contribution in [0.25, 0.3) is 31.9 Å². The van der Waals surface area contributed by atoms with Crippen LogP contribution in [-0.4, -0.2) is 59.3 Å². The van der Waals surface area contributed by atoms with E-state index in [1.807, 2.05) is 43.3 Å². The number of unbranched alkanes of at least 4 members (excludes halogenated alkanes) is 1. The molecule has 9 nitrogen and oxygen atoms in total. The molecular weight excluding hydrogens is 680 g/mol. The number of anilines is 1. The summed E-state index contributed by atoms with van der Waals surface area (Å²) in [6.45, 7) is 0.744. The van der Waals surface area contributed by atoms with E-state index in [9.17, 15) is 27.6 Å². The number of aryl methyl sites for hydroxylation is 1. The topological polar surface area (TPSA) is 105 Å². The summed E-state index contributed by atoms with van der Waals surface area (Å²) in [4.78, 5) is 49.0. The van der Waals surface area contributed by atoms with Gasteiger partial charge in [-0.25, -0.2) is 9.97 Å². The number of imide groups is 1. The number of nitrogens with zero attached hydrogens (tertiary/aromatic N) is 4. The first-order valence-electron chi connectivity index (χ1n) is 16.6. The Balaban J connectivity index is 0.965. The fourth-order valence-electron chi connectivity index (χ4n) is 6.47. The van der Waals surface area contributed by atoms with Gasteiger partial charge in [0, 0.05) is 49.9 Å². The van der Waals surface area contributed by atoms with Crippen LogP contribution < -0.4 is 15.0 Å². The van der Waals surface area contributed by atoms with Crippen molar-refractivity contribution in [1.82, 2.24) is 20.2 Å². The lowest BCUT2D eigenvalue weighted by molar-refractivity contribution is -0.138. The maximum atomic E-state index is 14.3. The number of fused-ring (bicyclic) bond motifs is 2. The molecule has 51 heavy (non-hydrogen) atoms. The highest BCUT2D eigenvalue weighted by molar-refractivity contribution is 7.21. The molecule has 3 aromatic carbocycles. The van der Waals surface area contributed by atoms with Gasteiger partial charge in [0.15, 0.2) is 0 Å². The van der Waals surface area contributed by atoms with Crippen molar-refractivity contribution in [1.29, 1.82) is 0 Å². The first kappa shape index (κ1) is 34.2. The zero-order valence-electron chi connectivity index (χ0n) is 27.9. The van der Waals surface area contributed by atoms with Gasteiger partial charge in [-0.05, 0) is 90.9 Å². The van der Waals surface area contributed by atoms with Gasteiger partial charge in [0.05, 0.1) is 22.4 Å². The molecule has 7 rings (SSSR count). The summed E-state index contributed by atoms with van der Waals surface area (Å²) in [5, 5.41) is 2.62. The summed E-state index contributed by atoms with van der Waals surface area (Å²) in [5.74, 6) is 0.354. The van der Waals surface area contributed by atoms with E-state index in [2.05, 4.69) is 15.3 Å². The minimum Gasteiger partial charge on any atom is -0.494 e. The highest BCUT2D eigenvalue weighted by Gasteiger charge is 2.39. The molecule has 262 valence electrons. The number of ether oxygens (including phenoxy) is 1. The largest absolute Gasteiger partial charge is 0.494 e. The van der Waals surface area contributed by atoms with E-state index in [4.69, 9.17) is 4.74 Å². The molecule has 1 fully saturated rings. The number of halogens is 3. The number of benzene rings is 3. The molecule has 5 aromatic rings. The lowest BCUT2D eigenvalue weighted by atomic mass is 10.00. The second kappa shape index (κ2) is 13.8. The number of carbonyl (C=O) groups is 3. The fourth-order valence-corrected chi connectivity index (χ4v) is 7.54. The number of rotatable bonds is 10. The van der Waals surface area contributed by atoms with Gasteiger partial charge in [0.25, 0.3) is 5.91 Å². The van der Waals surface area contributed by atoms with Crippen molar-refractivity contribution in [3.63, 3.8) is 0 Å². The Morgan fingerprint density at radius 1 is 0.961 bits per heavy atom. The van der Waals surface area contributed by atoms with E-state index in [1.165, 1.54) is 28.4 Å². The Morgan fingerprint density at radius 3 is 2.51 bits per heavy atom. The number of piperidine rings is 1. The second-order valence-corrected chi connectivity index (χ2v) is 13.9. The predicted molar refractivity (Wildman–Crippen MR) is 189 cm³/mol. The third-order valence-corrected chi connectivity index (χ3v) is 10.2. The van der Waals surface area contributed by atoms with E-state index in [1.54, 1.807) is 36.5 Å². The standard InChI is InChI=1S/C38H34F3N5O4S/c1-45(2)33-14-8-24(20-42-33)23-7-10-28(29(19-23)38(39,40)41)36-43-30-12-6-22(17-32(30)51-36)5-3-4-16-50-26-9-11-27-25(18-26)21-46(37(27)49)31-13-15-34(47)44-35(31)48/h6-12,14,17-20,31H,3-5,13,15-16,21H2,1-2H3,(H,44,47,48). The quantitative estimate of drug-likeness (QED) is 0.120. The van der Waals surface area contributed by atoms with Gasteiger partial charge in [-0.3, -0.25) is 19.7 Å². The molecule has 2 aliphatic rings. The van der Waals surface area contributed by atoms with Gasteiger partial charge >= 0.3 is 6.18 Å². The van der Waals surface area contributed by atoms with Crippen molar-refractivity contribution < 1.29 is 32.3 Å². The van der Waals surface area contributed by atoms with Crippen molar-refractivity contribution in [3.8, 4) is 27.4 Å². The molecule has 13 heteroatoms. The molecule has 0 aliphatic carbocycles. The molecule has 0 spiro atoms. The zero-order chi connectivity index (χ0) is 35.9. The number of carbonyl (C=O) groups excluding carboxylic acids is 3. The summed E-state index contributed by atoms with van der Waals surface area (Å²) < 4.78 is 49.8. The average molecular weight is 714 g/mol. The van der Waals surface area contributed by atoms with Crippen molar-refractivity contribution in [2.45, 2.75) is 50.9 Å². The molecule has 1 atom stereocenters. The first-order chi connectivity index (χ1) is 24.4. The van der Waals surface area contributed by atoms with Crippen LogP contribution in [0.5, 0.6) is 5.75 Å². The number of amides is 3. The first-order valence-corrected chi connectivity index (χ1v) is 17.4. The maximum Gasteiger partial charge on any atom is 0.417 e. The van der Waals surface area contributed by atoms with Crippen LogP contribution in [0.4, 0.5) is 19.0 Å². The van der Waals surface area contributed by atoms with E-state index >= 15 is 0 Å². The molecule has 0 radical (unpaired) electrons. The monoisotopic (exact) mass is 713 g/mol. The lowest BCUT2D eigenvalue weighted by Crippen LogP contribution is -2.52. The molecule has 1 N–H and O–H groups in total. The molecular formula is C38H34F3N5O4S. The molecule has 3 amide bonds. The van der Waals surface area contributed by atoms with E-state index in [-0.39, 0.29) is 30.3 Å². The molecule has 0 saturated carbocycles. The van der Waals surface area contributed by atoms with Crippen LogP contribution in [-0.2, 0) is 28.7 Å². The van der Waals surface area contributed by atoms with Crippen LogP contribution >= 0.6 is 11.3 Å². The summed E-state index contributed by atoms with van der Waals surface area (Å²) in [6, 6.07) is 18.3. The Morgan fingerprint density at radius 2 is 1.76 bits per heavy atom. The lowest BCUT2D eigenvalue weighted by Gasteiger charge is -2.29. The van der Waals surface area contributed by atoms with E-state index in [0.717, 1.165) is 35.1 Å². The van der Waals surface area contributed by atoms with Gasteiger partial charge in [-0.15, -0.1) is 11.3 Å². The summed E-state index contributed by atoms with van der Waals surface area (Å²) >= 11 is 1.24. The maximum absolute atomic E-state index is 14.3. The molecule has 0 bridgehead atoms. The third-order valence-electron chi connectivity index (χ3n) is 9.17. The number of hydrogen-bond acceptors (Lipinski definition) is 8. The smallest absolute Gasteiger partial charge is 0.417 e. The molecule has 2 aromatic heterocycles. The van der Waals surface area contributed by atoms with Crippen molar-refractivity contribution in [2.24, 2.45) is 0 Å². The zero-order valence-corrected chi connectivity index (χ0v) is 28.7. The normalized spacial score (nSPS) is 16.1. The van der Waals surface area contributed by atoms with E-state index in [0.29, 0.717) is 51.8 Å². The number of hydrogen-bond donors (Lipinski definition) is 1. The van der Waals surface area contributed by atoms with Gasteiger partial charge in [-0.2, -0.15) is 13.2 Å². The molecule has 2 aliphatic heterocycles. The molecule has 4 heterocycles. The fraction of sp³-hybridized carbons (Fsp3) is 0.289. The summed E-state index contributed by atoms with van der Waals surface area (Å²) in [7, 11) is 3.70. The highest BCUT2D eigenvalue weighted by Crippen LogP contribution is 2.42. The Labute approximate surface area is 296 Å². The van der Waals surface area contributed by atoms with E-state index < -0.39 is 23.7 Å². The Kier molecular flexibility index (Phi) is 9.23. The Bertz CT molecular complexity index is 2150. The van der Waals surface area contributed by atoms with Crippen LogP contribution in [0, 0.1) is 0 Å². The second-order valence-electron chi connectivity index (χ2n) is 12.9. The van der Waals surface area contributed by atoms with Crippen LogP contribution in [0.15, 0.2) is 72.9 Å². The molecule has 1 unspecified atom stereocenters. The van der Waals surface area contributed by atoms with Gasteiger partial charge < -0.3 is 14.5 Å². The molecule has 1 saturated heterocycles. The number of pyridine rings is 1. The SMILES string of the molecule is CN(C)c1ccc(-c2ccc(-c3nc4ccc(CCCCOc5ccc6c(c5)CN(C5CCC(=O)NC5=O)C6=O)cc4s3)c(C(F)(F)F)c2)cn1. The highest BCUT2D eigenvalue weighted by atomic mass is 32.1. The summed E-state index contributed by atoms with van der Waals surface area (Å²) in [6.07, 6.45) is -0.133. The van der Waals surface area contributed by atoms with Crippen LogP contribution in [0.2, 0.25) is 0 Å². The van der Waals surface area contributed by atoms with Crippen molar-refractivity contribution in [2.75, 3.05) is 25.6 Å². The summed E-state index contributed by atoms with van der Waals surface area (Å²) in [5.41, 5.74) is 3.35. The Hall–Kier alpha value is -5.30. The predicted octanol–water partition coefficient (Wildman–Crippen LogP) is 7.27. The number of thiazole rings is 1. The van der Waals surface area contributed by atoms with Crippen molar-refractivity contribution in [3.05, 3.63) is 95.2 Å². The van der Waals surface area contributed by atoms with Gasteiger partial charge in [0.2, 0.25) is 11.8 Å². The van der Waals surface area contributed by atoms with Crippen molar-refractivity contribution >= 4 is 45.1 Å². The number of alkyl halides is 3. The van der Waals surface area contributed by atoms with Crippen LogP contribution in [0.1, 0.15) is 52.7 Å². The third kappa shape index (κ3) is 7.16. The van der Waals surface area contributed by atoms with Gasteiger partial charge in [-0.1, -0.05) is 18.2 Å². The van der Waals surface area contributed by atoms with Crippen LogP contribution in [0.3, 0.4) is 0 Å². The average Bonchev–Trinajstić information content (AvgIpc) is 3.67. The number of aromatic nitrogens is 2. The van der Waals surface area contributed by atoms with Gasteiger partial charge in [0.1, 0.15) is 22.6 Å². The number of nitrogens with one attached hydrogen (secondary N) is 1.